The number of rotatable bonds is 3. The van der Waals surface area contributed by atoms with Crippen molar-refractivity contribution >= 4 is 35.1 Å². The van der Waals surface area contributed by atoms with Crippen molar-refractivity contribution in [2.45, 2.75) is 18.6 Å². The number of alkyl halides is 3. The fourth-order valence-electron chi connectivity index (χ4n) is 1.18. The van der Waals surface area contributed by atoms with Crippen molar-refractivity contribution in [2.24, 2.45) is 0 Å². The van der Waals surface area contributed by atoms with Crippen LogP contribution in [-0.2, 0) is 4.79 Å². The zero-order chi connectivity index (χ0) is 15.7. The monoisotopic (exact) mass is 329 g/mol. The van der Waals surface area contributed by atoms with Gasteiger partial charge >= 0.3 is 12.1 Å². The second-order valence-electron chi connectivity index (χ2n) is 4.01. The second kappa shape index (κ2) is 5.49. The van der Waals surface area contributed by atoms with Crippen LogP contribution in [-0.4, -0.2) is 28.7 Å². The minimum atomic E-state index is -5.16. The van der Waals surface area contributed by atoms with E-state index in [1.54, 1.807) is 0 Å². The molecule has 1 atom stereocenters. The summed E-state index contributed by atoms with van der Waals surface area (Å²) in [7, 11) is 0. The first-order valence-corrected chi connectivity index (χ1v) is 5.82. The molecule has 1 amide bonds. The first-order chi connectivity index (χ1) is 8.99. The molecule has 1 rings (SSSR count). The summed E-state index contributed by atoms with van der Waals surface area (Å²) in [4.78, 5) is 22.5. The molecule has 0 fully saturated rings. The molecule has 20 heavy (non-hydrogen) atoms. The lowest BCUT2D eigenvalue weighted by Gasteiger charge is -2.28. The summed E-state index contributed by atoms with van der Waals surface area (Å²) in [5, 5.41) is 10.2. The van der Waals surface area contributed by atoms with E-state index in [1.807, 2.05) is 0 Å². The molecule has 0 aliphatic carbocycles. The zero-order valence-electron chi connectivity index (χ0n) is 9.89. The Labute approximate surface area is 121 Å². The van der Waals surface area contributed by atoms with Gasteiger partial charge in [0.25, 0.3) is 5.91 Å². The van der Waals surface area contributed by atoms with Crippen molar-refractivity contribution in [3.8, 4) is 0 Å². The van der Waals surface area contributed by atoms with Crippen molar-refractivity contribution in [1.82, 2.24) is 5.32 Å². The maximum atomic E-state index is 12.7. The van der Waals surface area contributed by atoms with Gasteiger partial charge in [0.2, 0.25) is 5.54 Å². The lowest BCUT2D eigenvalue weighted by molar-refractivity contribution is -0.203. The van der Waals surface area contributed by atoms with Gasteiger partial charge < -0.3 is 10.4 Å². The molecule has 0 aliphatic heterocycles. The topological polar surface area (TPSA) is 66.4 Å². The largest absolute Gasteiger partial charge is 0.479 e. The van der Waals surface area contributed by atoms with E-state index >= 15 is 0 Å². The van der Waals surface area contributed by atoms with Crippen LogP contribution in [0.5, 0.6) is 0 Å². The highest BCUT2D eigenvalue weighted by atomic mass is 35.5. The summed E-state index contributed by atoms with van der Waals surface area (Å²) < 4.78 is 38.2. The Hall–Kier alpha value is -1.47. The van der Waals surface area contributed by atoms with Crippen LogP contribution in [0.25, 0.3) is 0 Å². The Morgan fingerprint density at radius 1 is 1.20 bits per heavy atom. The lowest BCUT2D eigenvalue weighted by Crippen LogP contribution is -2.61. The average molecular weight is 330 g/mol. The number of carbonyl (C=O) groups excluding carboxylic acids is 1. The van der Waals surface area contributed by atoms with E-state index in [4.69, 9.17) is 28.3 Å². The van der Waals surface area contributed by atoms with E-state index in [-0.39, 0.29) is 15.6 Å². The van der Waals surface area contributed by atoms with Gasteiger partial charge in [-0.05, 0) is 25.1 Å². The summed E-state index contributed by atoms with van der Waals surface area (Å²) in [5.74, 6) is -3.45. The molecule has 1 aromatic carbocycles. The van der Waals surface area contributed by atoms with Crippen molar-refractivity contribution in [3.05, 3.63) is 33.8 Å². The van der Waals surface area contributed by atoms with Crippen molar-refractivity contribution in [3.63, 3.8) is 0 Å². The van der Waals surface area contributed by atoms with Crippen LogP contribution in [0.3, 0.4) is 0 Å². The van der Waals surface area contributed by atoms with Crippen LogP contribution in [0.1, 0.15) is 17.3 Å². The third-order valence-electron chi connectivity index (χ3n) is 2.54. The van der Waals surface area contributed by atoms with Gasteiger partial charge in [-0.25, -0.2) is 4.79 Å². The maximum Gasteiger partial charge on any atom is 0.422 e. The van der Waals surface area contributed by atoms with Crippen LogP contribution in [0, 0.1) is 0 Å². The number of hydrogen-bond donors (Lipinski definition) is 2. The number of halogens is 5. The number of carboxylic acid groups (broad SMARTS) is 1. The molecule has 1 unspecified atom stereocenters. The van der Waals surface area contributed by atoms with Crippen molar-refractivity contribution in [2.75, 3.05) is 0 Å². The molecule has 9 heteroatoms. The smallest absolute Gasteiger partial charge is 0.422 e. The van der Waals surface area contributed by atoms with E-state index in [1.165, 1.54) is 11.4 Å². The molecule has 4 nitrogen and oxygen atoms in total. The minimum Gasteiger partial charge on any atom is -0.479 e. The van der Waals surface area contributed by atoms with E-state index in [0.717, 1.165) is 12.1 Å². The third kappa shape index (κ3) is 3.16. The van der Waals surface area contributed by atoms with Gasteiger partial charge in [0, 0.05) is 5.56 Å². The summed E-state index contributed by atoms with van der Waals surface area (Å²) in [6, 6.07) is 3.38. The quantitative estimate of drug-likeness (QED) is 0.895. The molecular weight excluding hydrogens is 322 g/mol. The minimum absolute atomic E-state index is 0.0386. The highest BCUT2D eigenvalue weighted by molar-refractivity contribution is 6.42. The van der Waals surface area contributed by atoms with Gasteiger partial charge in [-0.1, -0.05) is 23.2 Å². The first kappa shape index (κ1) is 16.6. The van der Waals surface area contributed by atoms with E-state index in [0.29, 0.717) is 6.92 Å². The summed E-state index contributed by atoms with van der Waals surface area (Å²) in [6.45, 7) is 0.352. The Balaban J connectivity index is 3.09. The lowest BCUT2D eigenvalue weighted by atomic mass is 10.0. The molecule has 2 N–H and O–H groups in total. The van der Waals surface area contributed by atoms with Crippen LogP contribution >= 0.6 is 23.2 Å². The summed E-state index contributed by atoms with van der Waals surface area (Å²) in [6.07, 6.45) is -5.16. The molecule has 0 aromatic heterocycles. The molecule has 0 heterocycles. The molecule has 0 aliphatic rings. The predicted octanol–water partition coefficient (Wildman–Crippen LogP) is 3.13. The SMILES string of the molecule is CC(NC(=O)c1ccc(Cl)c(Cl)c1)(C(=O)O)C(F)(F)F. The van der Waals surface area contributed by atoms with E-state index in [9.17, 15) is 22.8 Å². The number of carboxylic acids is 1. The molecule has 0 bridgehead atoms. The summed E-state index contributed by atoms with van der Waals surface area (Å²) in [5.41, 5.74) is -3.65. The number of aliphatic carboxylic acids is 1. The highest BCUT2D eigenvalue weighted by Crippen LogP contribution is 2.31. The van der Waals surface area contributed by atoms with Crippen LogP contribution < -0.4 is 5.32 Å². The van der Waals surface area contributed by atoms with Crippen LogP contribution in [0.15, 0.2) is 18.2 Å². The van der Waals surface area contributed by atoms with E-state index < -0.39 is 23.6 Å². The van der Waals surface area contributed by atoms with Gasteiger partial charge in [-0.2, -0.15) is 13.2 Å². The number of amides is 1. The molecule has 0 radical (unpaired) electrons. The molecule has 0 spiro atoms. The summed E-state index contributed by atoms with van der Waals surface area (Å²) >= 11 is 11.2. The number of carbonyl (C=O) groups is 2. The Morgan fingerprint density at radius 3 is 2.15 bits per heavy atom. The fraction of sp³-hybridized carbons (Fsp3) is 0.273. The van der Waals surface area contributed by atoms with Crippen LogP contribution in [0.4, 0.5) is 13.2 Å². The van der Waals surface area contributed by atoms with Gasteiger partial charge in [0.1, 0.15) is 0 Å². The molecule has 1 aromatic rings. The average Bonchev–Trinajstić information content (AvgIpc) is 2.30. The number of benzene rings is 1. The first-order valence-electron chi connectivity index (χ1n) is 5.06. The van der Waals surface area contributed by atoms with Gasteiger partial charge in [-0.3, -0.25) is 4.79 Å². The van der Waals surface area contributed by atoms with Gasteiger partial charge in [-0.15, -0.1) is 0 Å². The fourth-order valence-corrected chi connectivity index (χ4v) is 1.48. The van der Waals surface area contributed by atoms with Gasteiger partial charge in [0.05, 0.1) is 10.0 Å². The van der Waals surface area contributed by atoms with Crippen LogP contribution in [0.2, 0.25) is 10.0 Å². The molecular formula is C11H8Cl2F3NO3. The second-order valence-corrected chi connectivity index (χ2v) is 4.83. The van der Waals surface area contributed by atoms with Crippen molar-refractivity contribution < 1.29 is 27.9 Å². The zero-order valence-corrected chi connectivity index (χ0v) is 11.4. The van der Waals surface area contributed by atoms with E-state index in [2.05, 4.69) is 0 Å². The van der Waals surface area contributed by atoms with Gasteiger partial charge in [0.15, 0.2) is 0 Å². The highest BCUT2D eigenvalue weighted by Gasteiger charge is 2.58. The maximum absolute atomic E-state index is 12.7. The number of hydrogen-bond acceptors (Lipinski definition) is 2. The normalized spacial score (nSPS) is 14.5. The Bertz CT molecular complexity index is 562. The Kier molecular flexibility index (Phi) is 4.55. The number of nitrogens with one attached hydrogen (secondary N) is 1. The predicted molar refractivity (Wildman–Crippen MR) is 66.0 cm³/mol. The Morgan fingerprint density at radius 2 is 1.75 bits per heavy atom. The third-order valence-corrected chi connectivity index (χ3v) is 3.28. The molecule has 110 valence electrons. The molecule has 0 saturated carbocycles. The van der Waals surface area contributed by atoms with Crippen molar-refractivity contribution in [1.29, 1.82) is 0 Å². The standard InChI is InChI=1S/C11H8Cl2F3NO3/c1-10(9(19)20,11(14,15)16)17-8(18)5-2-3-6(12)7(13)4-5/h2-4H,1H3,(H,17,18)(H,19,20). The molecule has 0 saturated heterocycles.